The summed E-state index contributed by atoms with van der Waals surface area (Å²) >= 11 is 6.05. The van der Waals surface area contributed by atoms with Gasteiger partial charge in [0.15, 0.2) is 0 Å². The van der Waals surface area contributed by atoms with Crippen LogP contribution in [0.1, 0.15) is 24.9 Å². The van der Waals surface area contributed by atoms with Gasteiger partial charge >= 0.3 is 5.97 Å². The fraction of sp³-hybridized carbons (Fsp3) is 0.417. The zero-order chi connectivity index (χ0) is 12.8. The Balaban J connectivity index is 2.87. The Morgan fingerprint density at radius 2 is 2.24 bits per heavy atom. The van der Waals surface area contributed by atoms with Crippen molar-refractivity contribution in [3.8, 4) is 5.75 Å². The third kappa shape index (κ3) is 3.61. The SMILES string of the molecule is CCOC(=O)C[C@@H](N)c1c(Cl)cccc1OC. The molecule has 1 aromatic carbocycles. The van der Waals surface area contributed by atoms with E-state index in [1.807, 2.05) is 0 Å². The maximum Gasteiger partial charge on any atom is 0.307 e. The Labute approximate surface area is 106 Å². The predicted octanol–water partition coefficient (Wildman–Crippen LogP) is 2.30. The lowest BCUT2D eigenvalue weighted by Gasteiger charge is -2.16. The van der Waals surface area contributed by atoms with Gasteiger partial charge in [-0.2, -0.15) is 0 Å². The molecule has 0 spiro atoms. The number of nitrogens with two attached hydrogens (primary N) is 1. The second-order valence-electron chi connectivity index (χ2n) is 3.47. The molecule has 0 saturated carbocycles. The number of esters is 1. The molecule has 1 atom stereocenters. The zero-order valence-electron chi connectivity index (χ0n) is 9.90. The topological polar surface area (TPSA) is 61.5 Å². The Kier molecular flexibility index (Phi) is 5.25. The molecule has 0 saturated heterocycles. The second-order valence-corrected chi connectivity index (χ2v) is 3.88. The van der Waals surface area contributed by atoms with Gasteiger partial charge in [0.05, 0.1) is 20.1 Å². The number of methoxy groups -OCH3 is 1. The number of hydrogen-bond acceptors (Lipinski definition) is 4. The molecule has 0 amide bonds. The first-order valence-corrected chi connectivity index (χ1v) is 5.71. The fourth-order valence-corrected chi connectivity index (χ4v) is 1.86. The van der Waals surface area contributed by atoms with Gasteiger partial charge in [-0.05, 0) is 19.1 Å². The highest BCUT2D eigenvalue weighted by molar-refractivity contribution is 6.31. The molecule has 94 valence electrons. The van der Waals surface area contributed by atoms with Crippen molar-refractivity contribution in [3.63, 3.8) is 0 Å². The van der Waals surface area contributed by atoms with E-state index in [-0.39, 0.29) is 12.4 Å². The maximum atomic E-state index is 11.4. The molecular weight excluding hydrogens is 242 g/mol. The van der Waals surface area contributed by atoms with Crippen LogP contribution in [0.15, 0.2) is 18.2 Å². The standard InChI is InChI=1S/C12H16ClNO3/c1-3-17-11(15)7-9(14)12-8(13)5-4-6-10(12)16-2/h4-6,9H,3,7,14H2,1-2H3/t9-/m1/s1. The van der Waals surface area contributed by atoms with E-state index in [2.05, 4.69) is 0 Å². The highest BCUT2D eigenvalue weighted by Gasteiger charge is 2.19. The monoisotopic (exact) mass is 257 g/mol. The van der Waals surface area contributed by atoms with Gasteiger partial charge < -0.3 is 15.2 Å². The van der Waals surface area contributed by atoms with Gasteiger partial charge in [0.1, 0.15) is 5.75 Å². The molecule has 2 N–H and O–H groups in total. The molecule has 4 nitrogen and oxygen atoms in total. The lowest BCUT2D eigenvalue weighted by Crippen LogP contribution is -2.18. The molecule has 0 heterocycles. The number of ether oxygens (including phenoxy) is 2. The number of carbonyl (C=O) groups excluding carboxylic acids is 1. The van der Waals surface area contributed by atoms with Crippen molar-refractivity contribution in [2.45, 2.75) is 19.4 Å². The fourth-order valence-electron chi connectivity index (χ4n) is 1.56. The highest BCUT2D eigenvalue weighted by Crippen LogP contribution is 2.32. The summed E-state index contributed by atoms with van der Waals surface area (Å²) in [5, 5.41) is 0.487. The third-order valence-corrected chi connectivity index (χ3v) is 2.63. The average Bonchev–Trinajstić information content (AvgIpc) is 2.28. The molecular formula is C12H16ClNO3. The first kappa shape index (κ1) is 13.8. The molecule has 0 aliphatic rings. The van der Waals surface area contributed by atoms with Crippen molar-refractivity contribution in [2.75, 3.05) is 13.7 Å². The average molecular weight is 258 g/mol. The van der Waals surface area contributed by atoms with E-state index in [1.165, 1.54) is 7.11 Å². The summed E-state index contributed by atoms with van der Waals surface area (Å²) in [5.74, 6) is 0.233. The van der Waals surface area contributed by atoms with E-state index in [4.69, 9.17) is 26.8 Å². The van der Waals surface area contributed by atoms with E-state index < -0.39 is 6.04 Å². The molecule has 1 rings (SSSR count). The van der Waals surface area contributed by atoms with Crippen LogP contribution in [0.25, 0.3) is 0 Å². The summed E-state index contributed by atoms with van der Waals surface area (Å²) in [5.41, 5.74) is 6.57. The molecule has 0 fully saturated rings. The van der Waals surface area contributed by atoms with Gasteiger partial charge in [0.2, 0.25) is 0 Å². The lowest BCUT2D eigenvalue weighted by atomic mass is 10.0. The Bertz CT molecular complexity index is 395. The van der Waals surface area contributed by atoms with Gasteiger partial charge in [-0.25, -0.2) is 0 Å². The lowest BCUT2D eigenvalue weighted by molar-refractivity contribution is -0.143. The molecule has 5 heteroatoms. The van der Waals surface area contributed by atoms with E-state index in [1.54, 1.807) is 25.1 Å². The van der Waals surface area contributed by atoms with Crippen molar-refractivity contribution in [1.82, 2.24) is 0 Å². The smallest absolute Gasteiger partial charge is 0.307 e. The number of hydrogen-bond donors (Lipinski definition) is 1. The number of halogens is 1. The summed E-state index contributed by atoms with van der Waals surface area (Å²) in [7, 11) is 1.53. The molecule has 0 aliphatic carbocycles. The second kappa shape index (κ2) is 6.47. The number of rotatable bonds is 5. The Morgan fingerprint density at radius 1 is 1.53 bits per heavy atom. The van der Waals surface area contributed by atoms with E-state index >= 15 is 0 Å². The minimum Gasteiger partial charge on any atom is -0.496 e. The summed E-state index contributed by atoms with van der Waals surface area (Å²) in [6.45, 7) is 2.09. The number of carbonyl (C=O) groups is 1. The van der Waals surface area contributed by atoms with Crippen LogP contribution in [0, 0.1) is 0 Å². The van der Waals surface area contributed by atoms with Crippen LogP contribution in [0.4, 0.5) is 0 Å². The maximum absolute atomic E-state index is 11.4. The highest BCUT2D eigenvalue weighted by atomic mass is 35.5. The Morgan fingerprint density at radius 3 is 2.82 bits per heavy atom. The quantitative estimate of drug-likeness (QED) is 0.823. The van der Waals surface area contributed by atoms with Gasteiger partial charge in [-0.3, -0.25) is 4.79 Å². The van der Waals surface area contributed by atoms with Crippen molar-refractivity contribution in [1.29, 1.82) is 0 Å². The van der Waals surface area contributed by atoms with Crippen LogP contribution in [-0.2, 0) is 9.53 Å². The van der Waals surface area contributed by atoms with Gasteiger partial charge in [0.25, 0.3) is 0 Å². The molecule has 0 unspecified atom stereocenters. The van der Waals surface area contributed by atoms with Crippen LogP contribution in [0.2, 0.25) is 5.02 Å². The normalized spacial score (nSPS) is 12.0. The summed E-state index contributed by atoms with van der Waals surface area (Å²) in [6, 6.07) is 4.70. The molecule has 0 aromatic heterocycles. The van der Waals surface area contributed by atoms with E-state index in [0.29, 0.717) is 22.9 Å². The molecule has 0 radical (unpaired) electrons. The number of benzene rings is 1. The molecule has 0 bridgehead atoms. The van der Waals surface area contributed by atoms with Crippen LogP contribution < -0.4 is 10.5 Å². The molecule has 0 aliphatic heterocycles. The van der Waals surface area contributed by atoms with Gasteiger partial charge in [0, 0.05) is 16.6 Å². The summed E-state index contributed by atoms with van der Waals surface area (Å²) < 4.78 is 10.0. The summed E-state index contributed by atoms with van der Waals surface area (Å²) in [6.07, 6.45) is 0.0773. The predicted molar refractivity (Wildman–Crippen MR) is 66.2 cm³/mol. The first-order valence-electron chi connectivity index (χ1n) is 5.33. The van der Waals surface area contributed by atoms with Crippen molar-refractivity contribution >= 4 is 17.6 Å². The molecule has 1 aromatic rings. The first-order chi connectivity index (χ1) is 8.10. The minimum absolute atomic E-state index is 0.0773. The van der Waals surface area contributed by atoms with Crippen molar-refractivity contribution < 1.29 is 14.3 Å². The van der Waals surface area contributed by atoms with Crippen molar-refractivity contribution in [2.24, 2.45) is 5.73 Å². The van der Waals surface area contributed by atoms with Crippen molar-refractivity contribution in [3.05, 3.63) is 28.8 Å². The molecule has 17 heavy (non-hydrogen) atoms. The van der Waals surface area contributed by atoms with Crippen LogP contribution >= 0.6 is 11.6 Å². The Hall–Kier alpha value is -1.26. The largest absolute Gasteiger partial charge is 0.496 e. The third-order valence-electron chi connectivity index (χ3n) is 2.30. The zero-order valence-corrected chi connectivity index (χ0v) is 10.7. The van der Waals surface area contributed by atoms with Gasteiger partial charge in [-0.1, -0.05) is 17.7 Å². The minimum atomic E-state index is -0.530. The van der Waals surface area contributed by atoms with Crippen LogP contribution in [0.5, 0.6) is 5.75 Å². The summed E-state index contributed by atoms with van der Waals surface area (Å²) in [4.78, 5) is 11.4. The van der Waals surface area contributed by atoms with Crippen LogP contribution in [-0.4, -0.2) is 19.7 Å². The van der Waals surface area contributed by atoms with Gasteiger partial charge in [-0.15, -0.1) is 0 Å². The van der Waals surface area contributed by atoms with E-state index in [9.17, 15) is 4.79 Å². The van der Waals surface area contributed by atoms with E-state index in [0.717, 1.165) is 0 Å². The van der Waals surface area contributed by atoms with Crippen LogP contribution in [0.3, 0.4) is 0 Å².